The van der Waals surface area contributed by atoms with Crippen LogP contribution in [0.5, 0.6) is 0 Å². The van der Waals surface area contributed by atoms with Crippen LogP contribution in [-0.2, 0) is 4.79 Å². The van der Waals surface area contributed by atoms with E-state index in [1.54, 1.807) is 0 Å². The van der Waals surface area contributed by atoms with Gasteiger partial charge in [0.05, 0.1) is 5.52 Å². The van der Waals surface area contributed by atoms with Crippen molar-refractivity contribution in [3.05, 3.63) is 72.4 Å². The first kappa shape index (κ1) is 16.5. The van der Waals surface area contributed by atoms with Crippen molar-refractivity contribution in [2.75, 3.05) is 5.32 Å². The molecule has 0 radical (unpaired) electrons. The molecule has 3 heteroatoms. The van der Waals surface area contributed by atoms with Crippen LogP contribution in [0.25, 0.3) is 10.9 Å². The lowest BCUT2D eigenvalue weighted by Gasteiger charge is -2.30. The fourth-order valence-electron chi connectivity index (χ4n) is 5.00. The van der Waals surface area contributed by atoms with Crippen molar-refractivity contribution < 1.29 is 4.79 Å². The minimum Gasteiger partial charge on any atom is -0.326 e. The third-order valence-electron chi connectivity index (χ3n) is 6.65. The highest BCUT2D eigenvalue weighted by molar-refractivity contribution is 5.95. The number of benzene rings is 2. The average Bonchev–Trinajstić information content (AvgIpc) is 3.42. The Labute approximate surface area is 159 Å². The van der Waals surface area contributed by atoms with Crippen LogP contribution in [0, 0.1) is 11.3 Å². The van der Waals surface area contributed by atoms with Crippen molar-refractivity contribution in [2.45, 2.75) is 38.0 Å². The van der Waals surface area contributed by atoms with Gasteiger partial charge in [0, 0.05) is 23.2 Å². The van der Waals surface area contributed by atoms with E-state index in [4.69, 9.17) is 0 Å². The summed E-state index contributed by atoms with van der Waals surface area (Å²) in [6.45, 7) is 0. The van der Waals surface area contributed by atoms with E-state index < -0.39 is 0 Å². The third kappa shape index (κ3) is 3.01. The molecule has 1 heterocycles. The molecule has 2 aromatic carbocycles. The number of carbonyl (C=O) groups is 1. The second-order valence-corrected chi connectivity index (χ2v) is 8.17. The molecular weight excluding hydrogens is 332 g/mol. The number of nitrogens with zero attached hydrogens (tertiary/aromatic N) is 1. The van der Waals surface area contributed by atoms with Gasteiger partial charge in [-0.1, -0.05) is 36.4 Å². The standard InChI is InChI=1S/C24H24N2O/c27-23(26-18-6-2-1-3-7-18)21-16-24(21)13-10-17(11-14-24)19-12-15-25-22-9-5-4-8-20(19)22/h1-9,12,15,17,21H,10-11,13-14,16H2,(H,26,27). The van der Waals surface area contributed by atoms with E-state index in [0.29, 0.717) is 5.92 Å². The molecule has 2 aliphatic carbocycles. The van der Waals surface area contributed by atoms with E-state index in [9.17, 15) is 4.79 Å². The molecule has 5 rings (SSSR count). The lowest BCUT2D eigenvalue weighted by Crippen LogP contribution is -2.22. The van der Waals surface area contributed by atoms with E-state index in [1.165, 1.54) is 23.8 Å². The van der Waals surface area contributed by atoms with Crippen LogP contribution < -0.4 is 5.32 Å². The number of para-hydroxylation sites is 2. The Balaban J connectivity index is 1.26. The van der Waals surface area contributed by atoms with Gasteiger partial charge in [0.2, 0.25) is 5.91 Å². The van der Waals surface area contributed by atoms with Crippen molar-refractivity contribution in [3.8, 4) is 0 Å². The summed E-state index contributed by atoms with van der Waals surface area (Å²) in [4.78, 5) is 17.2. The summed E-state index contributed by atoms with van der Waals surface area (Å²) < 4.78 is 0. The van der Waals surface area contributed by atoms with Gasteiger partial charge in [0.1, 0.15) is 0 Å². The molecule has 2 aliphatic rings. The SMILES string of the molecule is O=C(Nc1ccccc1)C1CC12CCC(c1ccnc3ccccc13)CC2. The predicted octanol–water partition coefficient (Wildman–Crippen LogP) is 5.54. The number of nitrogens with one attached hydrogen (secondary N) is 1. The summed E-state index contributed by atoms with van der Waals surface area (Å²) in [6, 6.07) is 20.4. The molecule has 2 fully saturated rings. The van der Waals surface area contributed by atoms with Crippen LogP contribution >= 0.6 is 0 Å². The zero-order valence-corrected chi connectivity index (χ0v) is 15.4. The maximum absolute atomic E-state index is 12.7. The molecule has 1 atom stereocenters. The van der Waals surface area contributed by atoms with Gasteiger partial charge in [-0.2, -0.15) is 0 Å². The van der Waals surface area contributed by atoms with Crippen molar-refractivity contribution in [1.82, 2.24) is 4.98 Å². The van der Waals surface area contributed by atoms with Crippen LogP contribution in [0.3, 0.4) is 0 Å². The number of fused-ring (bicyclic) bond motifs is 1. The number of aromatic nitrogens is 1. The first-order valence-corrected chi connectivity index (χ1v) is 9.95. The quantitative estimate of drug-likeness (QED) is 0.670. The molecule has 0 aliphatic heterocycles. The van der Waals surface area contributed by atoms with Gasteiger partial charge in [-0.3, -0.25) is 9.78 Å². The van der Waals surface area contributed by atoms with Crippen molar-refractivity contribution >= 4 is 22.5 Å². The number of amides is 1. The van der Waals surface area contributed by atoms with Crippen LogP contribution in [-0.4, -0.2) is 10.9 Å². The number of anilines is 1. The van der Waals surface area contributed by atoms with Gasteiger partial charge in [0.15, 0.2) is 0 Å². The molecule has 2 saturated carbocycles. The molecule has 136 valence electrons. The molecule has 1 amide bonds. The van der Waals surface area contributed by atoms with Crippen molar-refractivity contribution in [3.63, 3.8) is 0 Å². The van der Waals surface area contributed by atoms with E-state index in [1.807, 2.05) is 36.5 Å². The monoisotopic (exact) mass is 356 g/mol. The topological polar surface area (TPSA) is 42.0 Å². The highest BCUT2D eigenvalue weighted by atomic mass is 16.2. The summed E-state index contributed by atoms with van der Waals surface area (Å²) in [6.07, 6.45) is 7.64. The number of hydrogen-bond acceptors (Lipinski definition) is 2. The van der Waals surface area contributed by atoms with E-state index >= 15 is 0 Å². The Morgan fingerprint density at radius 3 is 2.52 bits per heavy atom. The lowest BCUT2D eigenvalue weighted by molar-refractivity contribution is -0.118. The average molecular weight is 356 g/mol. The Kier molecular flexibility index (Phi) is 3.96. The number of pyridine rings is 1. The van der Waals surface area contributed by atoms with Crippen LogP contribution in [0.15, 0.2) is 66.9 Å². The smallest absolute Gasteiger partial charge is 0.228 e. The third-order valence-corrected chi connectivity index (χ3v) is 6.65. The highest BCUT2D eigenvalue weighted by Crippen LogP contribution is 2.63. The number of rotatable bonds is 3. The second-order valence-electron chi connectivity index (χ2n) is 8.17. The minimum absolute atomic E-state index is 0.188. The molecule has 0 saturated heterocycles. The first-order chi connectivity index (χ1) is 13.3. The zero-order valence-electron chi connectivity index (χ0n) is 15.4. The summed E-state index contributed by atoms with van der Waals surface area (Å²) in [5.74, 6) is 0.976. The number of hydrogen-bond donors (Lipinski definition) is 1. The highest BCUT2D eigenvalue weighted by Gasteiger charge is 2.58. The molecule has 0 bridgehead atoms. The summed E-state index contributed by atoms with van der Waals surface area (Å²) in [7, 11) is 0. The Morgan fingerprint density at radius 1 is 0.963 bits per heavy atom. The minimum atomic E-state index is 0.188. The fourth-order valence-corrected chi connectivity index (χ4v) is 5.00. The Bertz CT molecular complexity index is 969. The van der Waals surface area contributed by atoms with Gasteiger partial charge in [0.25, 0.3) is 0 Å². The predicted molar refractivity (Wildman–Crippen MR) is 109 cm³/mol. The van der Waals surface area contributed by atoms with E-state index in [0.717, 1.165) is 30.5 Å². The van der Waals surface area contributed by atoms with Gasteiger partial charge in [-0.25, -0.2) is 0 Å². The van der Waals surface area contributed by atoms with Gasteiger partial charge in [-0.15, -0.1) is 0 Å². The van der Waals surface area contributed by atoms with Gasteiger partial charge < -0.3 is 5.32 Å². The van der Waals surface area contributed by atoms with Crippen molar-refractivity contribution in [1.29, 1.82) is 0 Å². The molecular formula is C24H24N2O. The number of carbonyl (C=O) groups excluding carboxylic acids is 1. The maximum Gasteiger partial charge on any atom is 0.228 e. The molecule has 1 spiro atoms. The summed E-state index contributed by atoms with van der Waals surface area (Å²) in [5.41, 5.74) is 3.67. The molecule has 3 aromatic rings. The van der Waals surface area contributed by atoms with E-state index in [-0.39, 0.29) is 17.2 Å². The summed E-state index contributed by atoms with van der Waals surface area (Å²) >= 11 is 0. The van der Waals surface area contributed by atoms with Crippen LogP contribution in [0.1, 0.15) is 43.6 Å². The molecule has 3 nitrogen and oxygen atoms in total. The lowest BCUT2D eigenvalue weighted by atomic mass is 9.75. The molecule has 1 aromatic heterocycles. The molecule has 27 heavy (non-hydrogen) atoms. The van der Waals surface area contributed by atoms with E-state index in [2.05, 4.69) is 40.6 Å². The maximum atomic E-state index is 12.7. The molecule has 1 N–H and O–H groups in total. The van der Waals surface area contributed by atoms with Crippen molar-refractivity contribution in [2.24, 2.45) is 11.3 Å². The first-order valence-electron chi connectivity index (χ1n) is 9.95. The largest absolute Gasteiger partial charge is 0.326 e. The normalized spacial score (nSPS) is 26.8. The fraction of sp³-hybridized carbons (Fsp3) is 0.333. The molecule has 1 unspecified atom stereocenters. The van der Waals surface area contributed by atoms with Gasteiger partial charge >= 0.3 is 0 Å². The Morgan fingerprint density at radius 2 is 1.70 bits per heavy atom. The zero-order chi connectivity index (χ0) is 18.3. The van der Waals surface area contributed by atoms with Crippen LogP contribution in [0.2, 0.25) is 0 Å². The summed E-state index contributed by atoms with van der Waals surface area (Å²) in [5, 5.41) is 4.38. The Hall–Kier alpha value is -2.68. The second kappa shape index (κ2) is 6.49. The van der Waals surface area contributed by atoms with Crippen LogP contribution in [0.4, 0.5) is 5.69 Å². The van der Waals surface area contributed by atoms with Gasteiger partial charge in [-0.05, 0) is 73.3 Å².